The summed E-state index contributed by atoms with van der Waals surface area (Å²) in [7, 11) is 0. The molecular formula is C15H22N2O2. The van der Waals surface area contributed by atoms with E-state index < -0.39 is 5.97 Å². The zero-order valence-electron chi connectivity index (χ0n) is 11.8. The molecule has 0 spiro atoms. The first-order valence-electron chi connectivity index (χ1n) is 6.88. The number of nitrogens with one attached hydrogen (secondary N) is 1. The summed E-state index contributed by atoms with van der Waals surface area (Å²) in [5.74, 6) is -0.872. The SMILES string of the molecule is Cc1cc(NN2C(C)CCCC2C)ccc1C(=O)O. The van der Waals surface area contributed by atoms with E-state index in [1.54, 1.807) is 6.07 Å². The summed E-state index contributed by atoms with van der Waals surface area (Å²) in [5.41, 5.74) is 5.54. The lowest BCUT2D eigenvalue weighted by Crippen LogP contribution is -2.47. The molecule has 0 saturated carbocycles. The Balaban J connectivity index is 2.14. The number of rotatable bonds is 3. The molecular weight excluding hydrogens is 240 g/mol. The Hall–Kier alpha value is -1.55. The van der Waals surface area contributed by atoms with Crippen molar-refractivity contribution in [3.63, 3.8) is 0 Å². The standard InChI is InChI=1S/C15H22N2O2/c1-10-9-13(7-8-14(10)15(18)19)16-17-11(2)5-4-6-12(17)3/h7-9,11-12,16H,4-6H2,1-3H3,(H,18,19). The summed E-state index contributed by atoms with van der Waals surface area (Å²) in [6.07, 6.45) is 3.67. The average Bonchev–Trinajstić information content (AvgIpc) is 2.33. The summed E-state index contributed by atoms with van der Waals surface area (Å²) in [6.45, 7) is 6.28. The number of carboxylic acid groups (broad SMARTS) is 1. The average molecular weight is 262 g/mol. The van der Waals surface area contributed by atoms with E-state index in [4.69, 9.17) is 5.11 Å². The summed E-state index contributed by atoms with van der Waals surface area (Å²) in [4.78, 5) is 11.0. The number of benzene rings is 1. The van der Waals surface area contributed by atoms with Gasteiger partial charge in [-0.15, -0.1) is 0 Å². The number of aryl methyl sites for hydroxylation is 1. The predicted molar refractivity (Wildman–Crippen MR) is 76.4 cm³/mol. The molecule has 0 aromatic heterocycles. The molecule has 104 valence electrons. The maximum absolute atomic E-state index is 11.0. The third kappa shape index (κ3) is 3.07. The Morgan fingerprint density at radius 1 is 1.32 bits per heavy atom. The number of hydrazine groups is 1. The Kier molecular flexibility index (Phi) is 4.10. The molecule has 0 amide bonds. The van der Waals surface area contributed by atoms with Crippen molar-refractivity contribution in [2.24, 2.45) is 0 Å². The number of hydrogen-bond acceptors (Lipinski definition) is 3. The third-order valence-corrected chi connectivity index (χ3v) is 3.91. The Bertz CT molecular complexity index is 463. The minimum atomic E-state index is -0.872. The van der Waals surface area contributed by atoms with E-state index in [1.165, 1.54) is 19.3 Å². The van der Waals surface area contributed by atoms with Gasteiger partial charge in [-0.3, -0.25) is 0 Å². The second kappa shape index (κ2) is 5.61. The highest BCUT2D eigenvalue weighted by Gasteiger charge is 2.24. The van der Waals surface area contributed by atoms with Crippen LogP contribution >= 0.6 is 0 Å². The van der Waals surface area contributed by atoms with E-state index in [9.17, 15) is 4.79 Å². The van der Waals surface area contributed by atoms with Gasteiger partial charge in [0, 0.05) is 17.8 Å². The molecule has 19 heavy (non-hydrogen) atoms. The van der Waals surface area contributed by atoms with Crippen LogP contribution in [0.5, 0.6) is 0 Å². The van der Waals surface area contributed by atoms with Gasteiger partial charge in [0.05, 0.1) is 5.56 Å². The third-order valence-electron chi connectivity index (χ3n) is 3.91. The number of piperidine rings is 1. The Labute approximate surface area is 114 Å². The van der Waals surface area contributed by atoms with Gasteiger partial charge in [0.2, 0.25) is 0 Å². The van der Waals surface area contributed by atoms with Gasteiger partial charge in [-0.2, -0.15) is 0 Å². The van der Waals surface area contributed by atoms with E-state index in [0.717, 1.165) is 11.3 Å². The Morgan fingerprint density at radius 2 is 1.95 bits per heavy atom. The molecule has 1 aliphatic heterocycles. The van der Waals surface area contributed by atoms with Crippen molar-refractivity contribution in [1.29, 1.82) is 0 Å². The van der Waals surface area contributed by atoms with Gasteiger partial charge in [-0.25, -0.2) is 9.80 Å². The second-order valence-corrected chi connectivity index (χ2v) is 5.48. The molecule has 2 atom stereocenters. The highest BCUT2D eigenvalue weighted by Crippen LogP contribution is 2.24. The van der Waals surface area contributed by atoms with Crippen molar-refractivity contribution in [3.05, 3.63) is 29.3 Å². The van der Waals surface area contributed by atoms with Crippen molar-refractivity contribution >= 4 is 11.7 Å². The van der Waals surface area contributed by atoms with Crippen LogP contribution in [0.1, 0.15) is 49.0 Å². The molecule has 1 heterocycles. The van der Waals surface area contributed by atoms with Gasteiger partial charge in [-0.05, 0) is 57.4 Å². The lowest BCUT2D eigenvalue weighted by molar-refractivity contribution is 0.0696. The number of aromatic carboxylic acids is 1. The van der Waals surface area contributed by atoms with Crippen molar-refractivity contribution in [2.75, 3.05) is 5.43 Å². The molecule has 0 bridgehead atoms. The van der Waals surface area contributed by atoms with Crippen molar-refractivity contribution in [1.82, 2.24) is 5.01 Å². The van der Waals surface area contributed by atoms with E-state index in [0.29, 0.717) is 17.6 Å². The molecule has 1 aromatic carbocycles. The highest BCUT2D eigenvalue weighted by atomic mass is 16.4. The first-order valence-corrected chi connectivity index (χ1v) is 6.88. The van der Waals surface area contributed by atoms with Gasteiger partial charge >= 0.3 is 5.97 Å². The smallest absolute Gasteiger partial charge is 0.335 e. The first kappa shape index (κ1) is 13.9. The molecule has 2 rings (SSSR count). The number of carbonyl (C=O) groups is 1. The molecule has 1 fully saturated rings. The second-order valence-electron chi connectivity index (χ2n) is 5.48. The maximum Gasteiger partial charge on any atom is 0.335 e. The lowest BCUT2D eigenvalue weighted by Gasteiger charge is -2.39. The molecule has 4 heteroatoms. The van der Waals surface area contributed by atoms with Gasteiger partial charge in [0.25, 0.3) is 0 Å². The van der Waals surface area contributed by atoms with Crippen LogP contribution < -0.4 is 5.43 Å². The summed E-state index contributed by atoms with van der Waals surface area (Å²) >= 11 is 0. The number of nitrogens with zero attached hydrogens (tertiary/aromatic N) is 1. The van der Waals surface area contributed by atoms with Crippen molar-refractivity contribution in [3.8, 4) is 0 Å². The summed E-state index contributed by atoms with van der Waals surface area (Å²) in [6, 6.07) is 6.41. The fraction of sp³-hybridized carbons (Fsp3) is 0.533. The van der Waals surface area contributed by atoms with Crippen molar-refractivity contribution in [2.45, 2.75) is 52.1 Å². The molecule has 0 aliphatic carbocycles. The van der Waals surface area contributed by atoms with E-state index in [1.807, 2.05) is 19.1 Å². The van der Waals surface area contributed by atoms with Crippen LogP contribution in [0, 0.1) is 6.92 Å². The monoisotopic (exact) mass is 262 g/mol. The number of anilines is 1. The molecule has 1 aliphatic rings. The topological polar surface area (TPSA) is 52.6 Å². The summed E-state index contributed by atoms with van der Waals surface area (Å²) in [5, 5.41) is 11.3. The van der Waals surface area contributed by atoms with Crippen LogP contribution in [0.25, 0.3) is 0 Å². The van der Waals surface area contributed by atoms with Crippen LogP contribution in [-0.4, -0.2) is 28.2 Å². The zero-order chi connectivity index (χ0) is 14.0. The highest BCUT2D eigenvalue weighted by molar-refractivity contribution is 5.89. The van der Waals surface area contributed by atoms with Gasteiger partial charge in [0.15, 0.2) is 0 Å². The van der Waals surface area contributed by atoms with Gasteiger partial charge in [0.1, 0.15) is 0 Å². The van der Waals surface area contributed by atoms with Crippen molar-refractivity contribution < 1.29 is 9.90 Å². The lowest BCUT2D eigenvalue weighted by atomic mass is 10.00. The fourth-order valence-corrected chi connectivity index (χ4v) is 2.76. The summed E-state index contributed by atoms with van der Waals surface area (Å²) < 4.78 is 0. The predicted octanol–water partition coefficient (Wildman–Crippen LogP) is 3.28. The van der Waals surface area contributed by atoms with E-state index >= 15 is 0 Å². The van der Waals surface area contributed by atoms with Crippen LogP contribution in [0.4, 0.5) is 5.69 Å². The Morgan fingerprint density at radius 3 is 2.47 bits per heavy atom. The van der Waals surface area contributed by atoms with Gasteiger partial charge in [-0.1, -0.05) is 6.42 Å². The van der Waals surface area contributed by atoms with E-state index in [2.05, 4.69) is 24.3 Å². The van der Waals surface area contributed by atoms with Gasteiger partial charge < -0.3 is 10.5 Å². The van der Waals surface area contributed by atoms with Crippen LogP contribution in [0.2, 0.25) is 0 Å². The fourth-order valence-electron chi connectivity index (χ4n) is 2.76. The quantitative estimate of drug-likeness (QED) is 0.877. The minimum absolute atomic E-state index is 0.366. The minimum Gasteiger partial charge on any atom is -0.478 e. The van der Waals surface area contributed by atoms with Crippen LogP contribution in [0.15, 0.2) is 18.2 Å². The first-order chi connectivity index (χ1) is 8.99. The molecule has 2 unspecified atom stereocenters. The van der Waals surface area contributed by atoms with Crippen LogP contribution in [-0.2, 0) is 0 Å². The maximum atomic E-state index is 11.0. The molecule has 1 saturated heterocycles. The molecule has 1 aromatic rings. The van der Waals surface area contributed by atoms with E-state index in [-0.39, 0.29) is 0 Å². The largest absolute Gasteiger partial charge is 0.478 e. The molecule has 4 nitrogen and oxygen atoms in total. The van der Waals surface area contributed by atoms with Crippen LogP contribution in [0.3, 0.4) is 0 Å². The molecule has 0 radical (unpaired) electrons. The zero-order valence-corrected chi connectivity index (χ0v) is 11.8. The molecule has 2 N–H and O–H groups in total. The normalized spacial score (nSPS) is 24.2. The number of carboxylic acids is 1. The number of hydrogen-bond donors (Lipinski definition) is 2.